The fraction of sp³-hybridized carbons (Fsp3) is 0.455. The van der Waals surface area contributed by atoms with Crippen molar-refractivity contribution in [1.29, 1.82) is 0 Å². The molecule has 0 aromatic heterocycles. The number of nitrogens with one attached hydrogen (secondary N) is 1. The predicted molar refractivity (Wildman–Crippen MR) is 121 cm³/mol. The molecule has 3 rings (SSSR count). The van der Waals surface area contributed by atoms with Gasteiger partial charge in [0.25, 0.3) is 0 Å². The standard InChI is InChI=1S/C22H28BF2NO4S/c1-14(15-7-10-17(27-6)11-8-15)28-19-13-16(9-12-18(19)26-31-20(24)25)23-29-21(2,3)22(4,5)30-23/h7-14,20,26H,1-6H3. The molecule has 9 heteroatoms. The third kappa shape index (κ3) is 5.45. The maximum Gasteiger partial charge on any atom is 0.494 e. The summed E-state index contributed by atoms with van der Waals surface area (Å²) in [6.45, 7) is 9.81. The molecule has 1 atom stereocenters. The van der Waals surface area contributed by atoms with Gasteiger partial charge in [0.15, 0.2) is 0 Å². The van der Waals surface area contributed by atoms with Gasteiger partial charge < -0.3 is 23.5 Å². The van der Waals surface area contributed by atoms with Gasteiger partial charge in [0.2, 0.25) is 0 Å². The molecular formula is C22H28BF2NO4S. The summed E-state index contributed by atoms with van der Waals surface area (Å²) in [5.74, 6) is -1.38. The quantitative estimate of drug-likeness (QED) is 0.428. The molecule has 1 N–H and O–H groups in total. The summed E-state index contributed by atoms with van der Waals surface area (Å²) < 4.78 is 51.8. The molecule has 168 valence electrons. The SMILES string of the molecule is COc1ccc(C(C)Oc2cc(B3OC(C)(C)C(C)(C)O3)ccc2NSC(F)F)cc1. The summed E-state index contributed by atoms with van der Waals surface area (Å²) in [7, 11) is 1.02. The van der Waals surface area contributed by atoms with Gasteiger partial charge in [-0.1, -0.05) is 18.2 Å². The van der Waals surface area contributed by atoms with Crippen molar-refractivity contribution in [2.75, 3.05) is 11.8 Å². The molecule has 0 aliphatic carbocycles. The van der Waals surface area contributed by atoms with E-state index in [1.807, 2.05) is 58.9 Å². The van der Waals surface area contributed by atoms with Crippen LogP contribution in [0.2, 0.25) is 0 Å². The van der Waals surface area contributed by atoms with E-state index in [0.29, 0.717) is 23.4 Å². The number of rotatable bonds is 8. The monoisotopic (exact) mass is 451 g/mol. The van der Waals surface area contributed by atoms with Crippen molar-refractivity contribution in [3.8, 4) is 11.5 Å². The minimum atomic E-state index is -2.56. The van der Waals surface area contributed by atoms with E-state index < -0.39 is 24.1 Å². The first-order chi connectivity index (χ1) is 14.5. The first-order valence-corrected chi connectivity index (χ1v) is 10.9. The second kappa shape index (κ2) is 9.26. The molecule has 31 heavy (non-hydrogen) atoms. The van der Waals surface area contributed by atoms with Crippen LogP contribution in [-0.2, 0) is 9.31 Å². The third-order valence-electron chi connectivity index (χ3n) is 5.68. The molecule has 1 aliphatic heterocycles. The minimum Gasteiger partial charge on any atom is -0.497 e. The predicted octanol–water partition coefficient (Wildman–Crippen LogP) is 5.42. The minimum absolute atomic E-state index is 0.322. The number of ether oxygens (including phenoxy) is 2. The highest BCUT2D eigenvalue weighted by molar-refractivity contribution is 8.00. The second-order valence-corrected chi connectivity index (χ2v) is 9.15. The van der Waals surface area contributed by atoms with Gasteiger partial charge in [0.05, 0.1) is 24.0 Å². The van der Waals surface area contributed by atoms with Gasteiger partial charge in [0.1, 0.15) is 17.6 Å². The fourth-order valence-corrected chi connectivity index (χ4v) is 3.47. The fourth-order valence-electron chi connectivity index (χ4n) is 3.09. The second-order valence-electron chi connectivity index (χ2n) is 8.36. The number of halogens is 2. The molecule has 1 heterocycles. The highest BCUT2D eigenvalue weighted by atomic mass is 32.2. The Morgan fingerprint density at radius 2 is 1.61 bits per heavy atom. The number of benzene rings is 2. The molecule has 0 radical (unpaired) electrons. The van der Waals surface area contributed by atoms with Crippen molar-refractivity contribution in [3.05, 3.63) is 48.0 Å². The molecule has 1 aliphatic rings. The first kappa shape index (κ1) is 23.7. The van der Waals surface area contributed by atoms with Crippen LogP contribution >= 0.6 is 11.9 Å². The molecule has 1 unspecified atom stereocenters. The lowest BCUT2D eigenvalue weighted by molar-refractivity contribution is 0.00578. The number of alkyl halides is 2. The summed E-state index contributed by atoms with van der Waals surface area (Å²) in [4.78, 5) is 0. The number of hydrogen-bond donors (Lipinski definition) is 1. The Kier molecular flexibility index (Phi) is 7.08. The molecule has 0 spiro atoms. The van der Waals surface area contributed by atoms with E-state index in [2.05, 4.69) is 4.72 Å². The van der Waals surface area contributed by atoms with Gasteiger partial charge in [-0.15, -0.1) is 0 Å². The van der Waals surface area contributed by atoms with Gasteiger partial charge in [-0.25, -0.2) is 0 Å². The van der Waals surface area contributed by atoms with Crippen molar-refractivity contribution in [2.45, 2.75) is 57.7 Å². The van der Waals surface area contributed by atoms with Crippen molar-refractivity contribution in [3.63, 3.8) is 0 Å². The molecule has 2 aromatic carbocycles. The Hall–Kier alpha value is -1.97. The van der Waals surface area contributed by atoms with E-state index in [1.54, 1.807) is 25.3 Å². The van der Waals surface area contributed by atoms with E-state index in [1.165, 1.54) is 0 Å². The Morgan fingerprint density at radius 3 is 2.16 bits per heavy atom. The molecule has 1 fully saturated rings. The Labute approximate surface area is 187 Å². The van der Waals surface area contributed by atoms with Crippen LogP contribution in [0.1, 0.15) is 46.3 Å². The molecule has 0 bridgehead atoms. The van der Waals surface area contributed by atoms with Gasteiger partial charge in [0, 0.05) is 11.9 Å². The van der Waals surface area contributed by atoms with Crippen LogP contribution in [0.3, 0.4) is 0 Å². The Balaban J connectivity index is 1.87. The summed E-state index contributed by atoms with van der Waals surface area (Å²) in [6.07, 6.45) is -0.323. The number of methoxy groups -OCH3 is 1. The van der Waals surface area contributed by atoms with Gasteiger partial charge >= 0.3 is 12.9 Å². The van der Waals surface area contributed by atoms with E-state index in [9.17, 15) is 8.78 Å². The lowest BCUT2D eigenvalue weighted by Gasteiger charge is -2.32. The Bertz CT molecular complexity index is 880. The van der Waals surface area contributed by atoms with Crippen LogP contribution in [0.15, 0.2) is 42.5 Å². The van der Waals surface area contributed by atoms with E-state index >= 15 is 0 Å². The summed E-state index contributed by atoms with van der Waals surface area (Å²) in [5, 5.41) is 0. The average molecular weight is 451 g/mol. The van der Waals surface area contributed by atoms with Crippen LogP contribution in [0.25, 0.3) is 0 Å². The van der Waals surface area contributed by atoms with E-state index in [0.717, 1.165) is 16.8 Å². The van der Waals surface area contributed by atoms with Gasteiger partial charge in [-0.2, -0.15) is 8.78 Å². The molecule has 0 saturated carbocycles. The highest BCUT2D eigenvalue weighted by Gasteiger charge is 2.51. The lowest BCUT2D eigenvalue weighted by Crippen LogP contribution is -2.41. The van der Waals surface area contributed by atoms with Crippen LogP contribution in [-0.4, -0.2) is 31.2 Å². The normalized spacial score (nSPS) is 18.2. The van der Waals surface area contributed by atoms with Crippen molar-refractivity contribution in [1.82, 2.24) is 0 Å². The largest absolute Gasteiger partial charge is 0.497 e. The molecule has 2 aromatic rings. The lowest BCUT2D eigenvalue weighted by atomic mass is 9.79. The molecule has 0 amide bonds. The van der Waals surface area contributed by atoms with Gasteiger partial charge in [-0.05, 0) is 69.9 Å². The van der Waals surface area contributed by atoms with Crippen LogP contribution in [0.5, 0.6) is 11.5 Å². The van der Waals surface area contributed by atoms with Crippen molar-refractivity contribution in [2.24, 2.45) is 0 Å². The Morgan fingerprint density at radius 1 is 1.00 bits per heavy atom. The smallest absolute Gasteiger partial charge is 0.494 e. The summed E-state index contributed by atoms with van der Waals surface area (Å²) in [5.41, 5.74) is 1.15. The van der Waals surface area contributed by atoms with E-state index in [-0.39, 0.29) is 6.10 Å². The van der Waals surface area contributed by atoms with Crippen molar-refractivity contribution < 1.29 is 27.6 Å². The summed E-state index contributed by atoms with van der Waals surface area (Å²) in [6, 6.07) is 12.8. The molecular weight excluding hydrogens is 423 g/mol. The maximum atomic E-state index is 12.8. The molecule has 1 saturated heterocycles. The average Bonchev–Trinajstić information content (AvgIpc) is 2.94. The van der Waals surface area contributed by atoms with Crippen molar-refractivity contribution >= 4 is 30.2 Å². The topological polar surface area (TPSA) is 49.0 Å². The van der Waals surface area contributed by atoms with Crippen LogP contribution in [0.4, 0.5) is 14.5 Å². The maximum absolute atomic E-state index is 12.8. The zero-order valence-corrected chi connectivity index (χ0v) is 19.4. The van der Waals surface area contributed by atoms with Gasteiger partial charge in [-0.3, -0.25) is 0 Å². The summed E-state index contributed by atoms with van der Waals surface area (Å²) >= 11 is 0.322. The number of anilines is 1. The first-order valence-electron chi connectivity index (χ1n) is 10.0. The highest BCUT2D eigenvalue weighted by Crippen LogP contribution is 2.38. The zero-order chi connectivity index (χ0) is 22.8. The molecule has 5 nitrogen and oxygen atoms in total. The third-order valence-corrected chi connectivity index (χ3v) is 6.19. The number of hydrogen-bond acceptors (Lipinski definition) is 6. The zero-order valence-electron chi connectivity index (χ0n) is 18.6. The van der Waals surface area contributed by atoms with Crippen LogP contribution in [0, 0.1) is 0 Å². The van der Waals surface area contributed by atoms with E-state index in [4.69, 9.17) is 18.8 Å². The van der Waals surface area contributed by atoms with Crippen LogP contribution < -0.4 is 19.7 Å².